The molecular formula is C24H25ClN4O10S. The number of fused-ring (bicyclic) bond motifs is 1. The Morgan fingerprint density at radius 2 is 1.80 bits per heavy atom. The molecule has 0 spiro atoms. The molecule has 40 heavy (non-hydrogen) atoms. The van der Waals surface area contributed by atoms with E-state index in [1.807, 2.05) is 5.32 Å². The van der Waals surface area contributed by atoms with Crippen molar-refractivity contribution in [3.63, 3.8) is 0 Å². The molecule has 16 heteroatoms. The molecule has 0 aliphatic carbocycles. The van der Waals surface area contributed by atoms with E-state index in [1.165, 1.54) is 12.1 Å². The molecular weight excluding hydrogens is 572 g/mol. The van der Waals surface area contributed by atoms with Crippen molar-refractivity contribution in [2.45, 2.75) is 36.7 Å². The lowest BCUT2D eigenvalue weighted by Crippen LogP contribution is -2.70. The number of hydrogen-bond acceptors (Lipinski definition) is 9. The second kappa shape index (κ2) is 13.8. The van der Waals surface area contributed by atoms with Crippen molar-refractivity contribution in [3.8, 4) is 0 Å². The quantitative estimate of drug-likeness (QED) is 0.163. The number of carbonyl (C=O) groups excluding carboxylic acids is 5. The number of thioether (sulfide) groups is 1. The molecule has 1 fully saturated rings. The van der Waals surface area contributed by atoms with Gasteiger partial charge in [0.1, 0.15) is 35.6 Å². The minimum atomic E-state index is -1.43. The van der Waals surface area contributed by atoms with Crippen LogP contribution in [-0.2, 0) is 28.7 Å². The number of β-lactam (4-membered cyclic amide) rings is 1. The molecule has 1 aromatic rings. The fraction of sp³-hybridized carbons (Fsp3) is 0.375. The van der Waals surface area contributed by atoms with Crippen LogP contribution in [-0.4, -0.2) is 92.5 Å². The van der Waals surface area contributed by atoms with Gasteiger partial charge < -0.3 is 25.6 Å². The molecule has 1 aromatic carbocycles. The van der Waals surface area contributed by atoms with E-state index in [0.717, 1.165) is 16.7 Å². The van der Waals surface area contributed by atoms with E-state index in [9.17, 15) is 43.8 Å². The third-order valence-electron chi connectivity index (χ3n) is 5.84. The van der Waals surface area contributed by atoms with Crippen LogP contribution in [0.3, 0.4) is 0 Å². The number of aliphatic carboxylic acids is 2. The summed E-state index contributed by atoms with van der Waals surface area (Å²) in [6, 6.07) is 5.82. The number of alkyl halides is 1. The number of halogens is 1. The summed E-state index contributed by atoms with van der Waals surface area (Å²) in [7, 11) is 0. The molecule has 5 N–H and O–H groups in total. The molecule has 1 saturated heterocycles. The van der Waals surface area contributed by atoms with E-state index in [2.05, 4.69) is 10.6 Å². The third kappa shape index (κ3) is 7.51. The van der Waals surface area contributed by atoms with Crippen molar-refractivity contribution in [1.82, 2.24) is 20.9 Å². The minimum absolute atomic E-state index is 0.0381. The first-order valence-corrected chi connectivity index (χ1v) is 13.4. The van der Waals surface area contributed by atoms with E-state index < -0.39 is 71.6 Å². The Morgan fingerprint density at radius 3 is 2.42 bits per heavy atom. The Hall–Kier alpha value is -4.11. The van der Waals surface area contributed by atoms with E-state index in [1.54, 1.807) is 18.2 Å². The van der Waals surface area contributed by atoms with Crippen molar-refractivity contribution < 1.29 is 48.5 Å². The molecule has 214 valence electrons. The molecule has 0 saturated carbocycles. The van der Waals surface area contributed by atoms with Crippen LogP contribution in [0.2, 0.25) is 0 Å². The summed E-state index contributed by atoms with van der Waals surface area (Å²) in [6.07, 6.45) is -1.21. The summed E-state index contributed by atoms with van der Waals surface area (Å²) in [5, 5.41) is 25.2. The van der Waals surface area contributed by atoms with Gasteiger partial charge in [-0.05, 0) is 25.0 Å². The number of carboxylic acids is 2. The molecule has 0 bridgehead atoms. The lowest BCUT2D eigenvalue weighted by molar-refractivity contribution is -0.150. The first-order chi connectivity index (χ1) is 19.0. The van der Waals surface area contributed by atoms with Crippen molar-refractivity contribution in [2.75, 3.05) is 18.2 Å². The van der Waals surface area contributed by atoms with Gasteiger partial charge in [0.05, 0.1) is 0 Å². The van der Waals surface area contributed by atoms with E-state index in [-0.39, 0.29) is 36.3 Å². The van der Waals surface area contributed by atoms with Gasteiger partial charge in [0.15, 0.2) is 0 Å². The molecule has 2 unspecified atom stereocenters. The molecule has 0 radical (unpaired) electrons. The topological polar surface area (TPSA) is 209 Å². The van der Waals surface area contributed by atoms with Gasteiger partial charge in [-0.1, -0.05) is 18.2 Å². The van der Waals surface area contributed by atoms with Crippen molar-refractivity contribution in [3.05, 3.63) is 47.2 Å². The van der Waals surface area contributed by atoms with Crippen LogP contribution >= 0.6 is 23.4 Å². The fourth-order valence-electron chi connectivity index (χ4n) is 3.93. The molecule has 3 rings (SSSR count). The second-order valence-corrected chi connectivity index (χ2v) is 9.97. The Morgan fingerprint density at radius 1 is 1.10 bits per heavy atom. The van der Waals surface area contributed by atoms with Gasteiger partial charge in [0.2, 0.25) is 11.8 Å². The zero-order valence-corrected chi connectivity index (χ0v) is 22.3. The number of carboxylic acid groups (broad SMARTS) is 2. The number of hydrogen-bond donors (Lipinski definition) is 5. The maximum absolute atomic E-state index is 12.7. The van der Waals surface area contributed by atoms with Crippen LogP contribution in [0.15, 0.2) is 41.6 Å². The zero-order valence-electron chi connectivity index (χ0n) is 20.8. The number of amides is 5. The Kier molecular flexibility index (Phi) is 10.5. The van der Waals surface area contributed by atoms with Gasteiger partial charge in [-0.2, -0.15) is 0 Å². The number of nitrogens with zero attached hydrogens (tertiary/aromatic N) is 1. The summed E-state index contributed by atoms with van der Waals surface area (Å²) in [4.78, 5) is 84.7. The highest BCUT2D eigenvalue weighted by molar-refractivity contribution is 8.00. The number of nitrogens with one attached hydrogen (secondary N) is 3. The highest BCUT2D eigenvalue weighted by Crippen LogP contribution is 2.40. The highest BCUT2D eigenvalue weighted by Gasteiger charge is 2.54. The zero-order chi connectivity index (χ0) is 29.4. The molecule has 5 amide bonds. The fourth-order valence-corrected chi connectivity index (χ4v) is 5.33. The first-order valence-electron chi connectivity index (χ1n) is 11.8. The monoisotopic (exact) mass is 596 g/mol. The van der Waals surface area contributed by atoms with Gasteiger partial charge in [-0.15, -0.1) is 23.4 Å². The predicted molar refractivity (Wildman–Crippen MR) is 139 cm³/mol. The van der Waals surface area contributed by atoms with E-state index in [4.69, 9.17) is 16.3 Å². The predicted octanol–water partition coefficient (Wildman–Crippen LogP) is 0.270. The SMILES string of the molecule is O=C(CCl)NC(=O)OCC1=C(C(=O)O)N2C(=O)C(NC(=O)CCCC(NC(=O)c3ccccc3)C(=O)O)[C@@H]2SC1. The molecule has 3 atom stereocenters. The molecule has 2 aliphatic heterocycles. The summed E-state index contributed by atoms with van der Waals surface area (Å²) in [5.41, 5.74) is 0.0329. The molecule has 2 aliphatic rings. The number of alkyl carbamates (subject to hydrolysis) is 1. The van der Waals surface area contributed by atoms with Gasteiger partial charge in [0, 0.05) is 23.3 Å². The number of rotatable bonds is 12. The second-order valence-electron chi connectivity index (χ2n) is 8.59. The largest absolute Gasteiger partial charge is 0.480 e. The van der Waals surface area contributed by atoms with Crippen LogP contribution < -0.4 is 16.0 Å². The van der Waals surface area contributed by atoms with E-state index in [0.29, 0.717) is 5.56 Å². The Balaban J connectivity index is 1.51. The average Bonchev–Trinajstić information content (AvgIpc) is 2.93. The van der Waals surface area contributed by atoms with Gasteiger partial charge in [-0.3, -0.25) is 29.4 Å². The van der Waals surface area contributed by atoms with Gasteiger partial charge in [0.25, 0.3) is 11.8 Å². The standard InChI is InChI=1S/C24H25ClN4O10S/c25-9-16(31)28-24(38)39-10-13-11-40-21-17(20(33)29(21)18(13)23(36)37)27-15(30)8-4-7-14(22(34)35)26-19(32)12-5-2-1-3-6-12/h1-3,5-6,14,17,21H,4,7-11H2,(H,26,32)(H,27,30)(H,34,35)(H,36,37)(H,28,31,38)/t14?,17?,21-/m0/s1. The maximum atomic E-state index is 12.7. The number of carbonyl (C=O) groups is 7. The normalized spacial score (nSPS) is 18.5. The van der Waals surface area contributed by atoms with Crippen molar-refractivity contribution >= 4 is 65.0 Å². The maximum Gasteiger partial charge on any atom is 0.414 e. The minimum Gasteiger partial charge on any atom is -0.480 e. The highest BCUT2D eigenvalue weighted by atomic mass is 35.5. The number of benzene rings is 1. The molecule has 14 nitrogen and oxygen atoms in total. The average molecular weight is 597 g/mol. The third-order valence-corrected chi connectivity index (χ3v) is 7.43. The summed E-state index contributed by atoms with van der Waals surface area (Å²) >= 11 is 6.44. The van der Waals surface area contributed by atoms with Gasteiger partial charge in [-0.25, -0.2) is 14.4 Å². The molecule has 0 aromatic heterocycles. The smallest absolute Gasteiger partial charge is 0.414 e. The van der Waals surface area contributed by atoms with Crippen LogP contribution in [0.1, 0.15) is 29.6 Å². The summed E-state index contributed by atoms with van der Waals surface area (Å²) < 4.78 is 4.86. The van der Waals surface area contributed by atoms with Gasteiger partial charge >= 0.3 is 18.0 Å². The van der Waals surface area contributed by atoms with Crippen LogP contribution in [0.25, 0.3) is 0 Å². The number of ether oxygens (including phenoxy) is 1. The van der Waals surface area contributed by atoms with E-state index >= 15 is 0 Å². The first kappa shape index (κ1) is 30.4. The van der Waals surface area contributed by atoms with Crippen molar-refractivity contribution in [1.29, 1.82) is 0 Å². The lowest BCUT2D eigenvalue weighted by atomic mass is 10.0. The molecule has 2 heterocycles. The summed E-state index contributed by atoms with van der Waals surface area (Å²) in [5.74, 6) is -5.70. The van der Waals surface area contributed by atoms with Crippen LogP contribution in [0.4, 0.5) is 4.79 Å². The van der Waals surface area contributed by atoms with Crippen LogP contribution in [0.5, 0.6) is 0 Å². The van der Waals surface area contributed by atoms with Crippen molar-refractivity contribution in [2.24, 2.45) is 0 Å². The summed E-state index contributed by atoms with van der Waals surface area (Å²) in [6.45, 7) is -0.491. The Bertz CT molecular complexity index is 1240. The lowest BCUT2D eigenvalue weighted by Gasteiger charge is -2.49. The number of imide groups is 1. The van der Waals surface area contributed by atoms with Crippen LogP contribution in [0, 0.1) is 0 Å². The Labute approximate surface area is 236 Å².